The molecule has 8 heteroatoms. The van der Waals surface area contributed by atoms with Gasteiger partial charge in [0.25, 0.3) is 5.91 Å². The van der Waals surface area contributed by atoms with E-state index in [1.54, 1.807) is 29.2 Å². The number of pyridine rings is 1. The zero-order valence-corrected chi connectivity index (χ0v) is 16.1. The molecule has 2 N–H and O–H groups in total. The Kier molecular flexibility index (Phi) is 3.95. The number of hydrogen-bond acceptors (Lipinski definition) is 3. The molecule has 28 heavy (non-hydrogen) atoms. The molecule has 1 amide bonds. The molecule has 2 aliphatic carbocycles. The summed E-state index contributed by atoms with van der Waals surface area (Å²) < 4.78 is 15.3. The molecule has 3 aromatic rings. The van der Waals surface area contributed by atoms with Crippen molar-refractivity contribution in [3.8, 4) is 0 Å². The number of fused-ring (bicyclic) bond motifs is 2. The highest BCUT2D eigenvalue weighted by Gasteiger charge is 2.62. The Morgan fingerprint density at radius 1 is 1.21 bits per heavy atom. The number of nitrogens with zero attached hydrogens (tertiary/aromatic N) is 2. The Morgan fingerprint density at radius 3 is 2.68 bits per heavy atom. The molecule has 0 aliphatic heterocycles. The third-order valence-electron chi connectivity index (χ3n) is 5.89. The molecule has 0 bridgehead atoms. The minimum atomic E-state index is -1.01. The standard InChI is InChI=1S/C20H16Cl2FN3O2/c21-11-1-10(2-13(23)3-11)19(27)25-18-14-5-20(28,6-15(14)18)16-4-12(22)8-26-9-24-7-17(16)26/h1-4,7-9,14-15,18,28H,5-6H2,(H,25,27)/t14-,15+,18+,20-. The molecule has 2 heterocycles. The first-order valence-electron chi connectivity index (χ1n) is 8.95. The Bertz CT molecular complexity index is 1080. The summed E-state index contributed by atoms with van der Waals surface area (Å²) in [4.78, 5) is 16.6. The smallest absolute Gasteiger partial charge is 0.251 e. The van der Waals surface area contributed by atoms with Crippen LogP contribution in [0.2, 0.25) is 10.0 Å². The fraction of sp³-hybridized carbons (Fsp3) is 0.300. The van der Waals surface area contributed by atoms with E-state index in [9.17, 15) is 14.3 Å². The number of rotatable bonds is 3. The number of benzene rings is 1. The zero-order chi connectivity index (χ0) is 19.6. The predicted molar refractivity (Wildman–Crippen MR) is 103 cm³/mol. The van der Waals surface area contributed by atoms with Crippen molar-refractivity contribution in [1.82, 2.24) is 14.7 Å². The molecule has 5 nitrogen and oxygen atoms in total. The van der Waals surface area contributed by atoms with Crippen molar-refractivity contribution >= 4 is 34.6 Å². The van der Waals surface area contributed by atoms with Crippen LogP contribution in [-0.2, 0) is 5.60 Å². The molecule has 144 valence electrons. The van der Waals surface area contributed by atoms with Gasteiger partial charge >= 0.3 is 0 Å². The lowest BCUT2D eigenvalue weighted by molar-refractivity contribution is 0.0289. The SMILES string of the molecule is O=C(N[C@H]1[C@@H]2C[C@](O)(c3cc(Cl)cn4cncc34)C[C@@H]21)c1cc(F)cc(Cl)c1. The fourth-order valence-electron chi connectivity index (χ4n) is 4.59. The van der Waals surface area contributed by atoms with Gasteiger partial charge in [0.15, 0.2) is 0 Å². The monoisotopic (exact) mass is 419 g/mol. The van der Waals surface area contributed by atoms with E-state index >= 15 is 0 Å². The first kappa shape index (κ1) is 17.9. The molecule has 2 aromatic heterocycles. The average Bonchev–Trinajstić information content (AvgIpc) is 3.00. The summed E-state index contributed by atoms with van der Waals surface area (Å²) in [7, 11) is 0. The van der Waals surface area contributed by atoms with Crippen LogP contribution in [0.3, 0.4) is 0 Å². The van der Waals surface area contributed by atoms with Crippen molar-refractivity contribution in [2.75, 3.05) is 0 Å². The number of nitrogens with one attached hydrogen (secondary N) is 1. The molecule has 5 rings (SSSR count). The van der Waals surface area contributed by atoms with E-state index in [0.717, 1.165) is 23.2 Å². The fourth-order valence-corrected chi connectivity index (χ4v) is 5.03. The van der Waals surface area contributed by atoms with Crippen molar-refractivity contribution < 1.29 is 14.3 Å². The summed E-state index contributed by atoms with van der Waals surface area (Å²) in [5, 5.41) is 14.9. The molecule has 0 unspecified atom stereocenters. The quantitative estimate of drug-likeness (QED) is 0.678. The van der Waals surface area contributed by atoms with E-state index in [1.165, 1.54) is 6.07 Å². The van der Waals surface area contributed by atoms with Gasteiger partial charge in [-0.3, -0.25) is 4.79 Å². The Hall–Kier alpha value is -2.15. The van der Waals surface area contributed by atoms with Gasteiger partial charge in [-0.1, -0.05) is 23.2 Å². The van der Waals surface area contributed by atoms with Gasteiger partial charge < -0.3 is 14.8 Å². The van der Waals surface area contributed by atoms with Crippen LogP contribution in [-0.4, -0.2) is 26.4 Å². The zero-order valence-electron chi connectivity index (χ0n) is 14.6. The topological polar surface area (TPSA) is 66.6 Å². The average molecular weight is 420 g/mol. The van der Waals surface area contributed by atoms with E-state index in [2.05, 4.69) is 10.3 Å². The van der Waals surface area contributed by atoms with Gasteiger partial charge in [-0.05, 0) is 48.9 Å². The predicted octanol–water partition coefficient (Wildman–Crippen LogP) is 3.81. The molecule has 0 spiro atoms. The maximum atomic E-state index is 13.5. The number of carbonyl (C=O) groups is 1. The molecular weight excluding hydrogens is 404 g/mol. The Morgan fingerprint density at radius 2 is 1.96 bits per heavy atom. The van der Waals surface area contributed by atoms with Crippen LogP contribution in [0.5, 0.6) is 0 Å². The van der Waals surface area contributed by atoms with Crippen LogP contribution in [0, 0.1) is 17.7 Å². The van der Waals surface area contributed by atoms with E-state index in [0.29, 0.717) is 17.9 Å². The van der Waals surface area contributed by atoms with Crippen molar-refractivity contribution in [2.45, 2.75) is 24.5 Å². The maximum Gasteiger partial charge on any atom is 0.251 e. The van der Waals surface area contributed by atoms with Crippen molar-refractivity contribution in [2.24, 2.45) is 11.8 Å². The van der Waals surface area contributed by atoms with Gasteiger partial charge in [0.1, 0.15) is 5.82 Å². The third-order valence-corrected chi connectivity index (χ3v) is 6.31. The summed E-state index contributed by atoms with van der Waals surface area (Å²) in [5.41, 5.74) is 0.765. The summed E-state index contributed by atoms with van der Waals surface area (Å²) in [6.45, 7) is 0. The molecule has 0 radical (unpaired) electrons. The van der Waals surface area contributed by atoms with Gasteiger partial charge in [-0.15, -0.1) is 0 Å². The molecular formula is C20H16Cl2FN3O2. The summed E-state index contributed by atoms with van der Waals surface area (Å²) in [6.07, 6.45) is 6.15. The molecule has 4 atom stereocenters. The first-order chi connectivity index (χ1) is 13.3. The highest BCUT2D eigenvalue weighted by Crippen LogP contribution is 2.60. The Labute approximate surface area is 170 Å². The number of aliphatic hydroxyl groups is 1. The lowest BCUT2D eigenvalue weighted by atomic mass is 9.88. The second kappa shape index (κ2) is 6.17. The van der Waals surface area contributed by atoms with Crippen LogP contribution in [0.25, 0.3) is 5.52 Å². The van der Waals surface area contributed by atoms with Crippen LogP contribution < -0.4 is 5.32 Å². The second-order valence-electron chi connectivity index (χ2n) is 7.68. The highest BCUT2D eigenvalue weighted by atomic mass is 35.5. The lowest BCUT2D eigenvalue weighted by Crippen LogP contribution is -2.33. The molecule has 0 saturated heterocycles. The first-order valence-corrected chi connectivity index (χ1v) is 9.71. The number of imidazole rings is 1. The third kappa shape index (κ3) is 2.87. The number of halogens is 3. The van der Waals surface area contributed by atoms with E-state index in [-0.39, 0.29) is 34.4 Å². The highest BCUT2D eigenvalue weighted by molar-refractivity contribution is 6.31. The van der Waals surface area contributed by atoms with Crippen LogP contribution >= 0.6 is 23.2 Å². The minimum absolute atomic E-state index is 0.0325. The number of amides is 1. The second-order valence-corrected chi connectivity index (χ2v) is 8.56. The van der Waals surface area contributed by atoms with Crippen molar-refractivity contribution in [1.29, 1.82) is 0 Å². The molecule has 2 aliphatic rings. The largest absolute Gasteiger partial charge is 0.385 e. The van der Waals surface area contributed by atoms with Gasteiger partial charge in [0, 0.05) is 28.4 Å². The van der Waals surface area contributed by atoms with Gasteiger partial charge in [-0.25, -0.2) is 9.37 Å². The summed E-state index contributed by atoms with van der Waals surface area (Å²) in [6, 6.07) is 5.52. The van der Waals surface area contributed by atoms with Gasteiger partial charge in [-0.2, -0.15) is 0 Å². The summed E-state index contributed by atoms with van der Waals surface area (Å²) in [5.74, 6) is -0.570. The molecule has 1 aromatic carbocycles. The van der Waals surface area contributed by atoms with Crippen LogP contribution in [0.4, 0.5) is 4.39 Å². The van der Waals surface area contributed by atoms with Crippen LogP contribution in [0.1, 0.15) is 28.8 Å². The molecule has 2 saturated carbocycles. The number of carbonyl (C=O) groups excluding carboxylic acids is 1. The normalized spacial score (nSPS) is 28.4. The van der Waals surface area contributed by atoms with Crippen molar-refractivity contribution in [3.05, 3.63) is 70.0 Å². The van der Waals surface area contributed by atoms with Crippen molar-refractivity contribution in [3.63, 3.8) is 0 Å². The minimum Gasteiger partial charge on any atom is -0.385 e. The van der Waals surface area contributed by atoms with E-state index < -0.39 is 11.4 Å². The van der Waals surface area contributed by atoms with E-state index in [4.69, 9.17) is 23.2 Å². The number of aromatic nitrogens is 2. The maximum absolute atomic E-state index is 13.5. The van der Waals surface area contributed by atoms with Gasteiger partial charge in [0.2, 0.25) is 0 Å². The van der Waals surface area contributed by atoms with Gasteiger partial charge in [0.05, 0.1) is 28.7 Å². The Balaban J connectivity index is 1.32. The number of hydrogen-bond donors (Lipinski definition) is 2. The summed E-state index contributed by atoms with van der Waals surface area (Å²) >= 11 is 12.0. The lowest BCUT2D eigenvalue weighted by Gasteiger charge is -2.27. The van der Waals surface area contributed by atoms with E-state index in [1.807, 2.05) is 0 Å². The van der Waals surface area contributed by atoms with Crippen LogP contribution in [0.15, 0.2) is 43.0 Å². The molecule has 2 fully saturated rings.